The predicted molar refractivity (Wildman–Crippen MR) is 72.2 cm³/mol. The molecule has 0 unspecified atom stereocenters. The molecule has 0 amide bonds. The molecule has 1 aromatic heterocycles. The van der Waals surface area contributed by atoms with Gasteiger partial charge in [0.25, 0.3) is 0 Å². The molecule has 4 nitrogen and oxygen atoms in total. The molecule has 0 spiro atoms. The molecule has 0 aliphatic carbocycles. The number of benzene rings is 1. The molecule has 1 heterocycles. The summed E-state index contributed by atoms with van der Waals surface area (Å²) in [5, 5.41) is 13.9. The summed E-state index contributed by atoms with van der Waals surface area (Å²) < 4.78 is 5.26. The fourth-order valence-electron chi connectivity index (χ4n) is 1.75. The third-order valence-corrected chi connectivity index (χ3v) is 3.74. The largest absolute Gasteiger partial charge is 0.544 e. The van der Waals surface area contributed by atoms with E-state index in [-0.39, 0.29) is 4.88 Å². The van der Waals surface area contributed by atoms with Crippen molar-refractivity contribution in [1.29, 1.82) is 0 Å². The van der Waals surface area contributed by atoms with E-state index in [2.05, 4.69) is 5.32 Å². The topological polar surface area (TPSA) is 61.4 Å². The molecule has 1 aromatic carbocycles. The summed E-state index contributed by atoms with van der Waals surface area (Å²) in [4.78, 5) is 11.9. The maximum atomic E-state index is 10.7. The molecule has 1 N–H and O–H groups in total. The van der Waals surface area contributed by atoms with Gasteiger partial charge in [0.05, 0.1) is 18.0 Å². The normalized spacial score (nSPS) is 10.4. The van der Waals surface area contributed by atoms with E-state index in [0.717, 1.165) is 16.2 Å². The van der Waals surface area contributed by atoms with Crippen LogP contribution in [0.2, 0.25) is 0 Å². The van der Waals surface area contributed by atoms with Crippen molar-refractivity contribution in [3.05, 3.63) is 51.7 Å². The number of thiophene rings is 1. The van der Waals surface area contributed by atoms with E-state index in [1.807, 2.05) is 24.3 Å². The first-order chi connectivity index (χ1) is 9.20. The molecule has 100 valence electrons. The highest BCUT2D eigenvalue weighted by Crippen LogP contribution is 2.18. The number of carboxylic acid groups (broad SMARTS) is 1. The van der Waals surface area contributed by atoms with Crippen LogP contribution in [0.25, 0.3) is 0 Å². The van der Waals surface area contributed by atoms with Gasteiger partial charge in [-0.25, -0.2) is 0 Å². The number of carboxylic acids is 1. The highest BCUT2D eigenvalue weighted by molar-refractivity contribution is 7.13. The summed E-state index contributed by atoms with van der Waals surface area (Å²) in [5.74, 6) is -0.280. The van der Waals surface area contributed by atoms with Gasteiger partial charge in [0.2, 0.25) is 0 Å². The monoisotopic (exact) mass is 276 g/mol. The second-order valence-electron chi connectivity index (χ2n) is 3.97. The van der Waals surface area contributed by atoms with E-state index >= 15 is 0 Å². The molecule has 0 aliphatic rings. The van der Waals surface area contributed by atoms with Crippen molar-refractivity contribution >= 4 is 17.3 Å². The van der Waals surface area contributed by atoms with Crippen LogP contribution in [0.5, 0.6) is 5.75 Å². The molecule has 19 heavy (non-hydrogen) atoms. The lowest BCUT2D eigenvalue weighted by Crippen LogP contribution is -2.20. The van der Waals surface area contributed by atoms with Crippen molar-refractivity contribution in [2.75, 3.05) is 7.11 Å². The first kappa shape index (κ1) is 13.6. The number of hydrogen-bond acceptors (Lipinski definition) is 5. The van der Waals surface area contributed by atoms with Gasteiger partial charge < -0.3 is 20.0 Å². The van der Waals surface area contributed by atoms with Gasteiger partial charge in [-0.05, 0) is 18.2 Å². The summed E-state index contributed by atoms with van der Waals surface area (Å²) in [6, 6.07) is 11.2. The fraction of sp³-hybridized carbons (Fsp3) is 0.214. The Labute approximate surface area is 115 Å². The molecule has 0 saturated carbocycles. The average Bonchev–Trinajstić information content (AvgIpc) is 2.88. The maximum Gasteiger partial charge on any atom is 0.123 e. The molecule has 2 rings (SSSR count). The minimum absolute atomic E-state index is 0.258. The molecule has 0 atom stereocenters. The Morgan fingerprint density at radius 3 is 2.74 bits per heavy atom. The van der Waals surface area contributed by atoms with Crippen molar-refractivity contribution in [3.8, 4) is 5.75 Å². The first-order valence-corrected chi connectivity index (χ1v) is 6.65. The number of ether oxygens (including phenoxy) is 1. The highest BCUT2D eigenvalue weighted by Gasteiger charge is 2.03. The van der Waals surface area contributed by atoms with Gasteiger partial charge in [0, 0.05) is 23.5 Å². The van der Waals surface area contributed by atoms with Gasteiger partial charge >= 0.3 is 0 Å². The predicted octanol–water partition coefficient (Wildman–Crippen LogP) is 1.41. The Morgan fingerprint density at radius 2 is 2.05 bits per heavy atom. The van der Waals surface area contributed by atoms with E-state index in [9.17, 15) is 9.90 Å². The Balaban J connectivity index is 1.90. The summed E-state index contributed by atoms with van der Waals surface area (Å²) in [7, 11) is 1.64. The second kappa shape index (κ2) is 6.36. The number of nitrogens with one attached hydrogen (secondary N) is 1. The van der Waals surface area contributed by atoms with Gasteiger partial charge in [0.1, 0.15) is 5.75 Å². The van der Waals surface area contributed by atoms with Gasteiger partial charge in [0.15, 0.2) is 0 Å². The van der Waals surface area contributed by atoms with Crippen LogP contribution >= 0.6 is 11.3 Å². The van der Waals surface area contributed by atoms with Crippen LogP contribution in [-0.2, 0) is 13.1 Å². The summed E-state index contributed by atoms with van der Waals surface area (Å²) in [6.07, 6.45) is 0. The Bertz CT molecular complexity index is 565. The molecule has 0 saturated heterocycles. The second-order valence-corrected chi connectivity index (χ2v) is 5.14. The zero-order chi connectivity index (χ0) is 13.7. The molecule has 5 heteroatoms. The van der Waals surface area contributed by atoms with Crippen LogP contribution in [0, 0.1) is 0 Å². The van der Waals surface area contributed by atoms with Gasteiger partial charge in [-0.3, -0.25) is 0 Å². The van der Waals surface area contributed by atoms with E-state index in [1.54, 1.807) is 19.2 Å². The number of methoxy groups -OCH3 is 1. The molecular weight excluding hydrogens is 262 g/mol. The number of rotatable bonds is 6. The zero-order valence-electron chi connectivity index (χ0n) is 10.5. The van der Waals surface area contributed by atoms with Crippen LogP contribution in [0.1, 0.15) is 20.1 Å². The summed E-state index contributed by atoms with van der Waals surface area (Å²) >= 11 is 1.23. The lowest BCUT2D eigenvalue weighted by atomic mass is 10.2. The molecular formula is C14H14NO3S-. The van der Waals surface area contributed by atoms with Crippen molar-refractivity contribution in [2.24, 2.45) is 0 Å². The van der Waals surface area contributed by atoms with Crippen LogP contribution in [0.3, 0.4) is 0 Å². The van der Waals surface area contributed by atoms with Gasteiger partial charge in [-0.15, -0.1) is 11.3 Å². The van der Waals surface area contributed by atoms with Crippen molar-refractivity contribution in [2.45, 2.75) is 13.1 Å². The molecule has 2 aromatic rings. The summed E-state index contributed by atoms with van der Waals surface area (Å²) in [6.45, 7) is 1.29. The standard InChI is InChI=1S/C14H15NO3S/c1-18-12-5-3-2-4-10(12)8-15-9-11-6-7-13(19-11)14(16)17/h2-7,15H,8-9H2,1H3,(H,16,17)/p-1. The van der Waals surface area contributed by atoms with E-state index in [0.29, 0.717) is 13.1 Å². The minimum Gasteiger partial charge on any atom is -0.544 e. The first-order valence-electron chi connectivity index (χ1n) is 5.83. The van der Waals surface area contributed by atoms with Crippen LogP contribution in [0.4, 0.5) is 0 Å². The molecule has 0 fully saturated rings. The van der Waals surface area contributed by atoms with Crippen LogP contribution in [0.15, 0.2) is 36.4 Å². The minimum atomic E-state index is -1.12. The number of carbonyl (C=O) groups is 1. The highest BCUT2D eigenvalue weighted by atomic mass is 32.1. The third-order valence-electron chi connectivity index (χ3n) is 2.67. The Morgan fingerprint density at radius 1 is 1.26 bits per heavy atom. The van der Waals surface area contributed by atoms with Crippen LogP contribution in [-0.4, -0.2) is 13.1 Å². The van der Waals surface area contributed by atoms with Gasteiger partial charge in [-0.1, -0.05) is 18.2 Å². The summed E-state index contributed by atoms with van der Waals surface area (Å²) in [5.41, 5.74) is 1.07. The lowest BCUT2D eigenvalue weighted by Gasteiger charge is -2.08. The number of hydrogen-bond donors (Lipinski definition) is 1. The number of para-hydroxylation sites is 1. The number of aromatic carboxylic acids is 1. The number of carbonyl (C=O) groups excluding carboxylic acids is 1. The van der Waals surface area contributed by atoms with Crippen molar-refractivity contribution in [1.82, 2.24) is 5.32 Å². The average molecular weight is 276 g/mol. The lowest BCUT2D eigenvalue weighted by molar-refractivity contribution is -0.254. The van der Waals surface area contributed by atoms with Crippen molar-refractivity contribution < 1.29 is 14.6 Å². The third kappa shape index (κ3) is 3.56. The Hall–Kier alpha value is -1.85. The smallest absolute Gasteiger partial charge is 0.123 e. The van der Waals surface area contributed by atoms with E-state index in [1.165, 1.54) is 11.3 Å². The molecule has 0 radical (unpaired) electrons. The maximum absolute atomic E-state index is 10.7. The Kier molecular flexibility index (Phi) is 4.54. The quantitative estimate of drug-likeness (QED) is 0.866. The van der Waals surface area contributed by atoms with Crippen molar-refractivity contribution in [3.63, 3.8) is 0 Å². The van der Waals surface area contributed by atoms with E-state index in [4.69, 9.17) is 4.74 Å². The van der Waals surface area contributed by atoms with Crippen LogP contribution < -0.4 is 15.2 Å². The molecule has 0 aliphatic heterocycles. The van der Waals surface area contributed by atoms with Gasteiger partial charge in [-0.2, -0.15) is 0 Å². The fourth-order valence-corrected chi connectivity index (χ4v) is 2.56. The SMILES string of the molecule is COc1ccccc1CNCc1ccc(C(=O)[O-])s1. The molecule has 0 bridgehead atoms. The zero-order valence-corrected chi connectivity index (χ0v) is 11.3. The van der Waals surface area contributed by atoms with E-state index < -0.39 is 5.97 Å².